The lowest BCUT2D eigenvalue weighted by Gasteiger charge is -2.46. The monoisotopic (exact) mass is 1140 g/mol. The van der Waals surface area contributed by atoms with Crippen molar-refractivity contribution in [1.82, 2.24) is 4.98 Å². The average molecular weight is 1140 g/mol. The highest BCUT2D eigenvalue weighted by molar-refractivity contribution is 7.20. The molecular weight excluding hydrogens is 1110 g/mol. The maximum absolute atomic E-state index is 14.2. The molecule has 420 valence electrons. The van der Waals surface area contributed by atoms with Gasteiger partial charge in [-0.15, -0.1) is 0 Å². The van der Waals surface area contributed by atoms with Crippen LogP contribution in [0.3, 0.4) is 0 Å². The van der Waals surface area contributed by atoms with Gasteiger partial charge in [-0.1, -0.05) is 91.7 Å². The number of halogens is 24. The maximum Gasteiger partial charge on any atom is 0.416 e. The first-order chi connectivity index (χ1) is 35.5. The van der Waals surface area contributed by atoms with Gasteiger partial charge in [0.15, 0.2) is 6.20 Å². The molecule has 0 amide bonds. The Kier molecular flexibility index (Phi) is 16.4. The zero-order valence-corrected chi connectivity index (χ0v) is 39.0. The SMILES string of the molecule is Cc1ncc[n+](CC(=O)c2ccccc2)c1C1CCCC1.FC(F)(F)c1cc([B-](c2cc(C(F)(F)F)cc(C(F)(F)F)c2)(c2cc(C(F)(F)F)cc(C(F)(F)F)c2)c2cc(C(F)(F)F)cc(C(F)(F)F)c2)cc(C(F)(F)F)c1. The van der Waals surface area contributed by atoms with E-state index in [1.54, 1.807) is 6.20 Å². The Balaban J connectivity index is 0.000000387. The second kappa shape index (κ2) is 21.1. The van der Waals surface area contributed by atoms with Gasteiger partial charge in [-0.05, 0) is 44.0 Å². The number of benzene rings is 5. The van der Waals surface area contributed by atoms with E-state index in [0.717, 1.165) is 11.3 Å². The summed E-state index contributed by atoms with van der Waals surface area (Å²) < 4.78 is 343. The lowest BCUT2D eigenvalue weighted by atomic mass is 9.12. The number of rotatable bonds is 8. The highest BCUT2D eigenvalue weighted by Gasteiger charge is 2.47. The maximum atomic E-state index is 14.2. The van der Waals surface area contributed by atoms with Crippen molar-refractivity contribution in [3.8, 4) is 0 Å². The van der Waals surface area contributed by atoms with Crippen molar-refractivity contribution in [1.29, 1.82) is 0 Å². The van der Waals surface area contributed by atoms with Crippen molar-refractivity contribution in [2.24, 2.45) is 0 Å². The molecule has 7 rings (SSSR count). The Morgan fingerprint density at radius 3 is 0.974 bits per heavy atom. The second-order valence-electron chi connectivity index (χ2n) is 18.0. The first kappa shape index (κ1) is 60.5. The predicted octanol–water partition coefficient (Wildman–Crippen LogP) is 14.4. The Labute approximate surface area is 424 Å². The molecule has 0 aliphatic heterocycles. The van der Waals surface area contributed by atoms with Gasteiger partial charge >= 0.3 is 49.4 Å². The normalized spacial score (nSPS) is 14.6. The molecule has 78 heavy (non-hydrogen) atoms. The molecule has 1 aliphatic carbocycles. The van der Waals surface area contributed by atoms with Gasteiger partial charge in [-0.3, -0.25) is 4.79 Å². The van der Waals surface area contributed by atoms with Gasteiger partial charge in [0.05, 0.1) is 50.7 Å². The Bertz CT molecular complexity index is 2700. The minimum atomic E-state index is -6.13. The fourth-order valence-electron chi connectivity index (χ4n) is 9.39. The summed E-state index contributed by atoms with van der Waals surface area (Å²) in [5.74, 6) is 0.715. The Hall–Kier alpha value is -6.77. The molecule has 0 bridgehead atoms. The number of aromatic nitrogens is 2. The molecule has 1 aliphatic rings. The van der Waals surface area contributed by atoms with E-state index in [1.165, 1.54) is 31.4 Å². The van der Waals surface area contributed by atoms with Crippen LogP contribution >= 0.6 is 0 Å². The number of hydrogen-bond acceptors (Lipinski definition) is 2. The zero-order valence-electron chi connectivity index (χ0n) is 39.0. The number of carbonyl (C=O) groups is 1. The molecule has 1 heterocycles. The fraction of sp³-hybridized carbons (Fsp3) is 0.300. The second-order valence-corrected chi connectivity index (χ2v) is 18.0. The smallest absolute Gasteiger partial charge is 0.287 e. The number of carbonyl (C=O) groups excluding carboxylic acids is 1. The highest BCUT2D eigenvalue weighted by Crippen LogP contribution is 2.42. The molecule has 1 fully saturated rings. The van der Waals surface area contributed by atoms with Gasteiger partial charge in [0.1, 0.15) is 11.8 Å². The lowest BCUT2D eigenvalue weighted by Crippen LogP contribution is -2.75. The lowest BCUT2D eigenvalue weighted by molar-refractivity contribution is -0.692. The summed E-state index contributed by atoms with van der Waals surface area (Å²) in [7, 11) is 0. The fourth-order valence-corrected chi connectivity index (χ4v) is 9.39. The van der Waals surface area contributed by atoms with E-state index in [2.05, 4.69) is 16.5 Å². The minimum absolute atomic E-state index is 0.158. The van der Waals surface area contributed by atoms with Crippen LogP contribution in [0.25, 0.3) is 0 Å². The third-order valence-electron chi connectivity index (χ3n) is 12.8. The van der Waals surface area contributed by atoms with Gasteiger partial charge in [-0.25, -0.2) is 4.98 Å². The highest BCUT2D eigenvalue weighted by atomic mass is 19.4. The molecule has 0 saturated heterocycles. The summed E-state index contributed by atoms with van der Waals surface area (Å²) >= 11 is 0. The summed E-state index contributed by atoms with van der Waals surface area (Å²) in [5.41, 5.74) is -27.1. The van der Waals surface area contributed by atoms with Crippen LogP contribution in [0.1, 0.15) is 97.9 Å². The number of alkyl halides is 24. The van der Waals surface area contributed by atoms with Gasteiger partial charge in [-0.2, -0.15) is 132 Å². The molecular formula is C50H33BF24N2O. The van der Waals surface area contributed by atoms with Crippen LogP contribution in [0.2, 0.25) is 0 Å². The Morgan fingerprint density at radius 2 is 0.718 bits per heavy atom. The quantitative estimate of drug-likeness (QED) is 0.0659. The van der Waals surface area contributed by atoms with Gasteiger partial charge < -0.3 is 0 Å². The van der Waals surface area contributed by atoms with Crippen LogP contribution in [0.4, 0.5) is 105 Å². The first-order valence-electron chi connectivity index (χ1n) is 22.3. The third-order valence-corrected chi connectivity index (χ3v) is 12.8. The minimum Gasteiger partial charge on any atom is -0.287 e. The van der Waals surface area contributed by atoms with E-state index < -0.39 is 195 Å². The molecule has 0 N–H and O–H groups in total. The van der Waals surface area contributed by atoms with E-state index in [1.807, 2.05) is 36.5 Å². The van der Waals surface area contributed by atoms with Gasteiger partial charge in [0, 0.05) is 11.5 Å². The number of aryl methyl sites for hydroxylation is 1. The zero-order chi connectivity index (χ0) is 58.6. The van der Waals surface area contributed by atoms with Crippen LogP contribution in [-0.2, 0) is 56.0 Å². The predicted molar refractivity (Wildman–Crippen MR) is 231 cm³/mol. The summed E-state index contributed by atoms with van der Waals surface area (Å²) in [4.78, 5) is 16.9. The molecule has 28 heteroatoms. The molecule has 5 aromatic carbocycles. The molecule has 1 aromatic heterocycles. The van der Waals surface area contributed by atoms with Crippen LogP contribution in [0.15, 0.2) is 116 Å². The van der Waals surface area contributed by atoms with Crippen molar-refractivity contribution in [3.05, 3.63) is 177 Å². The van der Waals surface area contributed by atoms with E-state index in [-0.39, 0.29) is 5.78 Å². The number of ketones is 1. The molecule has 1 saturated carbocycles. The van der Waals surface area contributed by atoms with Crippen molar-refractivity contribution in [3.63, 3.8) is 0 Å². The summed E-state index contributed by atoms with van der Waals surface area (Å²) in [6, 6.07) is 0.708. The number of hydrogen-bond donors (Lipinski definition) is 0. The van der Waals surface area contributed by atoms with Crippen LogP contribution < -0.4 is 26.4 Å². The summed E-state index contributed by atoms with van der Waals surface area (Å²) in [6.07, 6.45) is -46.1. The Morgan fingerprint density at radius 1 is 0.449 bits per heavy atom. The van der Waals surface area contributed by atoms with Crippen molar-refractivity contribution >= 4 is 33.8 Å². The van der Waals surface area contributed by atoms with E-state index in [9.17, 15) is 110 Å². The van der Waals surface area contributed by atoms with E-state index in [0.29, 0.717) is 12.5 Å². The molecule has 0 unspecified atom stereocenters. The van der Waals surface area contributed by atoms with Crippen LogP contribution in [0.5, 0.6) is 0 Å². The van der Waals surface area contributed by atoms with Crippen molar-refractivity contribution in [2.75, 3.05) is 0 Å². The first-order valence-corrected chi connectivity index (χ1v) is 22.3. The third kappa shape index (κ3) is 13.6. The van der Waals surface area contributed by atoms with Crippen molar-refractivity contribution < 1.29 is 115 Å². The molecule has 3 nitrogen and oxygen atoms in total. The largest absolute Gasteiger partial charge is 0.416 e. The summed E-state index contributed by atoms with van der Waals surface area (Å²) in [5, 5.41) is 0. The molecule has 6 aromatic rings. The topological polar surface area (TPSA) is 33.8 Å². The number of Topliss-reactive ketones (excluding diaryl/α,β-unsaturated/α-hetero) is 1. The van der Waals surface area contributed by atoms with Crippen molar-refractivity contribution in [2.45, 2.75) is 94.5 Å². The molecule has 0 atom stereocenters. The van der Waals surface area contributed by atoms with Crippen LogP contribution in [0, 0.1) is 6.92 Å². The number of nitrogens with zero attached hydrogens (tertiary/aromatic N) is 2. The van der Waals surface area contributed by atoms with Gasteiger partial charge in [0.2, 0.25) is 18.0 Å². The summed E-state index contributed by atoms with van der Waals surface area (Å²) in [6.45, 7) is 2.45. The van der Waals surface area contributed by atoms with E-state index >= 15 is 0 Å². The van der Waals surface area contributed by atoms with Crippen LogP contribution in [-0.4, -0.2) is 16.9 Å². The molecule has 0 radical (unpaired) electrons. The standard InChI is InChI=1S/C32H12BF24.C18H21N2O/c34-25(35,36)13-1-14(26(37,38)39)6-21(5-13)33(22-7-15(27(40,41)42)2-16(8-22)28(43,44)45,23-9-17(29(46,47)48)3-18(10-23)30(49,50)51)24-11-19(31(52,53)54)4-20(12-24)32(55,56)57;1-14-18(16-9-5-6-10-16)20(12-11-19-14)13-17(21)15-7-3-2-4-8-15/h1-12H;2-4,7-8,11-12,16H,5-6,9-10,13H2,1H3/q-1;+1. The van der Waals surface area contributed by atoms with Gasteiger partial charge in [0.25, 0.3) is 0 Å². The average Bonchev–Trinajstić information content (AvgIpc) is 3.85. The van der Waals surface area contributed by atoms with E-state index in [4.69, 9.17) is 0 Å². The molecule has 0 spiro atoms.